The highest BCUT2D eigenvalue weighted by atomic mass is 16.7. The summed E-state index contributed by atoms with van der Waals surface area (Å²) in [5.74, 6) is 1.85. The monoisotopic (exact) mass is 328 g/mol. The maximum Gasteiger partial charge on any atom is 0.276 e. The van der Waals surface area contributed by atoms with Gasteiger partial charge in [-0.2, -0.15) is 5.48 Å². The fourth-order valence-corrected chi connectivity index (χ4v) is 4.36. The van der Waals surface area contributed by atoms with Crippen LogP contribution in [-0.4, -0.2) is 29.0 Å². The Labute approximate surface area is 142 Å². The van der Waals surface area contributed by atoms with Crippen molar-refractivity contribution < 1.29 is 14.7 Å². The lowest BCUT2D eigenvalue weighted by Gasteiger charge is -2.41. The van der Waals surface area contributed by atoms with Crippen molar-refractivity contribution >= 4 is 12.0 Å². The molecule has 2 atom stereocenters. The third-order valence-electron chi connectivity index (χ3n) is 5.68. The Balaban J connectivity index is 1.49. The van der Waals surface area contributed by atoms with Gasteiger partial charge in [0.1, 0.15) is 0 Å². The van der Waals surface area contributed by atoms with Gasteiger partial charge < -0.3 is 9.94 Å². The number of hydrogen-bond acceptors (Lipinski definition) is 4. The van der Waals surface area contributed by atoms with Gasteiger partial charge in [0.25, 0.3) is 5.91 Å². The van der Waals surface area contributed by atoms with Gasteiger partial charge in [0.15, 0.2) is 5.75 Å². The van der Waals surface area contributed by atoms with E-state index in [4.69, 9.17) is 4.84 Å². The van der Waals surface area contributed by atoms with Crippen LogP contribution in [0, 0.1) is 11.8 Å². The fourth-order valence-electron chi connectivity index (χ4n) is 4.36. The van der Waals surface area contributed by atoms with Crippen molar-refractivity contribution in [2.75, 3.05) is 13.1 Å². The lowest BCUT2D eigenvalue weighted by Crippen LogP contribution is -2.41. The molecule has 0 radical (unpaired) electrons. The average Bonchev–Trinajstić information content (AvgIpc) is 2.80. The van der Waals surface area contributed by atoms with E-state index in [-0.39, 0.29) is 11.7 Å². The molecular weight excluding hydrogens is 304 g/mol. The molecule has 3 aliphatic rings. The summed E-state index contributed by atoms with van der Waals surface area (Å²) in [6.07, 6.45) is 9.82. The second-order valence-electron chi connectivity index (χ2n) is 7.22. The Morgan fingerprint density at radius 2 is 2.00 bits per heavy atom. The van der Waals surface area contributed by atoms with Crippen LogP contribution < -0.4 is 10.3 Å². The lowest BCUT2D eigenvalue weighted by atomic mass is 9.75. The second-order valence-corrected chi connectivity index (χ2v) is 7.22. The largest absolute Gasteiger partial charge is 0.504 e. The van der Waals surface area contributed by atoms with Crippen LogP contribution in [0.2, 0.25) is 0 Å². The smallest absolute Gasteiger partial charge is 0.276 e. The molecule has 4 rings (SSSR count). The third kappa shape index (κ3) is 3.00. The summed E-state index contributed by atoms with van der Waals surface area (Å²) in [5, 5.41) is 10.6. The number of carbonyl (C=O) groups excluding carboxylic acids is 1. The van der Waals surface area contributed by atoms with Crippen molar-refractivity contribution in [2.45, 2.75) is 38.6 Å². The molecule has 24 heavy (non-hydrogen) atoms. The topological polar surface area (TPSA) is 61.8 Å². The number of hydroxylamine groups is 1. The fraction of sp³-hybridized carbons (Fsp3) is 0.526. The number of phenolic OH excluding ortho intramolecular Hbond substituents is 1. The van der Waals surface area contributed by atoms with E-state index in [1.807, 2.05) is 12.1 Å². The standard InChI is InChI=1S/C19H24N2O3/c22-17-8-7-14-5-6-16(18(23)19(14)24-20-17)12-21-10-9-13-3-1-2-4-15(13)11-21/h5-8,13,15,23H,1-4,9-12H2,(H,20,22). The van der Waals surface area contributed by atoms with Gasteiger partial charge in [-0.25, -0.2) is 0 Å². The number of likely N-dealkylation sites (tertiary alicyclic amines) is 1. The molecule has 128 valence electrons. The highest BCUT2D eigenvalue weighted by molar-refractivity contribution is 5.92. The first-order valence-electron chi connectivity index (χ1n) is 8.93. The Hall–Kier alpha value is -2.01. The number of nitrogens with one attached hydrogen (secondary N) is 1. The highest BCUT2D eigenvalue weighted by Gasteiger charge is 2.31. The summed E-state index contributed by atoms with van der Waals surface area (Å²) in [5.41, 5.74) is 3.87. The van der Waals surface area contributed by atoms with E-state index in [0.29, 0.717) is 11.3 Å². The van der Waals surface area contributed by atoms with Crippen molar-refractivity contribution in [2.24, 2.45) is 11.8 Å². The molecule has 2 unspecified atom stereocenters. The number of benzene rings is 1. The number of hydrogen-bond donors (Lipinski definition) is 2. The minimum absolute atomic E-state index is 0.130. The van der Waals surface area contributed by atoms with Crippen molar-refractivity contribution in [3.05, 3.63) is 29.3 Å². The van der Waals surface area contributed by atoms with E-state index in [2.05, 4.69) is 10.4 Å². The normalized spacial score (nSPS) is 26.8. The minimum Gasteiger partial charge on any atom is -0.504 e. The van der Waals surface area contributed by atoms with E-state index in [9.17, 15) is 9.90 Å². The van der Waals surface area contributed by atoms with E-state index in [1.165, 1.54) is 38.2 Å². The van der Waals surface area contributed by atoms with Gasteiger partial charge in [-0.3, -0.25) is 9.69 Å². The number of rotatable bonds is 2. The molecule has 1 amide bonds. The van der Waals surface area contributed by atoms with Gasteiger partial charge in [-0.15, -0.1) is 0 Å². The summed E-state index contributed by atoms with van der Waals surface area (Å²) in [6, 6.07) is 3.83. The molecular formula is C19H24N2O3. The Morgan fingerprint density at radius 3 is 2.88 bits per heavy atom. The highest BCUT2D eigenvalue weighted by Crippen LogP contribution is 2.39. The van der Waals surface area contributed by atoms with Gasteiger partial charge in [0, 0.05) is 30.3 Å². The number of phenols is 1. The molecule has 2 heterocycles. The number of amides is 1. The quantitative estimate of drug-likeness (QED) is 0.876. The van der Waals surface area contributed by atoms with Crippen LogP contribution in [-0.2, 0) is 11.3 Å². The van der Waals surface area contributed by atoms with Crippen LogP contribution in [0.15, 0.2) is 18.2 Å². The molecule has 0 spiro atoms. The third-order valence-corrected chi connectivity index (χ3v) is 5.68. The van der Waals surface area contributed by atoms with Gasteiger partial charge in [0.05, 0.1) is 0 Å². The molecule has 1 aliphatic carbocycles. The molecule has 2 fully saturated rings. The number of piperidine rings is 1. The number of fused-ring (bicyclic) bond motifs is 2. The lowest BCUT2D eigenvalue weighted by molar-refractivity contribution is -0.122. The zero-order valence-electron chi connectivity index (χ0n) is 13.8. The zero-order valence-corrected chi connectivity index (χ0v) is 13.8. The molecule has 1 aromatic rings. The predicted octanol–water partition coefficient (Wildman–Crippen LogP) is 2.84. The van der Waals surface area contributed by atoms with Crippen LogP contribution in [0.25, 0.3) is 6.08 Å². The van der Waals surface area contributed by atoms with Crippen molar-refractivity contribution in [3.63, 3.8) is 0 Å². The van der Waals surface area contributed by atoms with Gasteiger partial charge in [0.2, 0.25) is 5.75 Å². The van der Waals surface area contributed by atoms with E-state index in [0.717, 1.165) is 37.0 Å². The molecule has 1 saturated carbocycles. The number of carbonyl (C=O) groups is 1. The summed E-state index contributed by atoms with van der Waals surface area (Å²) in [4.78, 5) is 19.1. The molecule has 1 saturated heterocycles. The molecule has 0 bridgehead atoms. The Morgan fingerprint density at radius 1 is 1.17 bits per heavy atom. The van der Waals surface area contributed by atoms with Crippen molar-refractivity contribution in [3.8, 4) is 11.5 Å². The zero-order chi connectivity index (χ0) is 16.5. The van der Waals surface area contributed by atoms with Crippen LogP contribution in [0.5, 0.6) is 11.5 Å². The molecule has 1 aromatic carbocycles. The van der Waals surface area contributed by atoms with Crippen LogP contribution in [0.3, 0.4) is 0 Å². The number of aromatic hydroxyl groups is 1. The van der Waals surface area contributed by atoms with Gasteiger partial charge >= 0.3 is 0 Å². The van der Waals surface area contributed by atoms with E-state index >= 15 is 0 Å². The Bertz CT molecular complexity index is 671. The van der Waals surface area contributed by atoms with Crippen molar-refractivity contribution in [1.82, 2.24) is 10.4 Å². The maximum atomic E-state index is 11.4. The van der Waals surface area contributed by atoms with E-state index < -0.39 is 0 Å². The van der Waals surface area contributed by atoms with E-state index in [1.54, 1.807) is 6.08 Å². The number of nitrogens with zero attached hydrogens (tertiary/aromatic N) is 1. The first-order valence-corrected chi connectivity index (χ1v) is 8.93. The summed E-state index contributed by atoms with van der Waals surface area (Å²) >= 11 is 0. The SMILES string of the molecule is O=C1C=Cc2ccc(CN3CCC4CCCCC4C3)c(O)c2ON1. The van der Waals surface area contributed by atoms with Crippen molar-refractivity contribution in [1.29, 1.82) is 0 Å². The average molecular weight is 328 g/mol. The Kier molecular flexibility index (Phi) is 4.19. The van der Waals surface area contributed by atoms with Gasteiger partial charge in [-0.05, 0) is 37.3 Å². The summed E-state index contributed by atoms with van der Waals surface area (Å²) in [7, 11) is 0. The van der Waals surface area contributed by atoms with Crippen LogP contribution >= 0.6 is 0 Å². The molecule has 5 heteroatoms. The molecule has 2 N–H and O–H groups in total. The van der Waals surface area contributed by atoms with Crippen LogP contribution in [0.4, 0.5) is 0 Å². The maximum absolute atomic E-state index is 11.4. The predicted molar refractivity (Wildman–Crippen MR) is 91.3 cm³/mol. The molecule has 5 nitrogen and oxygen atoms in total. The minimum atomic E-state index is -0.327. The van der Waals surface area contributed by atoms with Crippen LogP contribution in [0.1, 0.15) is 43.2 Å². The first-order chi connectivity index (χ1) is 11.7. The molecule has 0 aromatic heterocycles. The first kappa shape index (κ1) is 15.5. The second kappa shape index (κ2) is 6.48. The summed E-state index contributed by atoms with van der Waals surface area (Å²) < 4.78 is 0. The van der Waals surface area contributed by atoms with Gasteiger partial charge in [-0.1, -0.05) is 31.4 Å². The molecule has 2 aliphatic heterocycles. The summed E-state index contributed by atoms with van der Waals surface area (Å²) in [6.45, 7) is 2.94.